The number of rotatable bonds is 10. The second kappa shape index (κ2) is 12.3. The molecule has 1 aromatic heterocycles. The summed E-state index contributed by atoms with van der Waals surface area (Å²) in [5, 5.41) is 4.10. The van der Waals surface area contributed by atoms with E-state index in [4.69, 9.17) is 9.26 Å². The summed E-state index contributed by atoms with van der Waals surface area (Å²) >= 11 is 0. The average molecular weight is 506 g/mol. The fourth-order valence-corrected chi connectivity index (χ4v) is 4.96. The van der Waals surface area contributed by atoms with E-state index in [0.717, 1.165) is 48.6 Å². The zero-order chi connectivity index (χ0) is 26.4. The quantitative estimate of drug-likeness (QED) is 0.394. The van der Waals surface area contributed by atoms with Crippen LogP contribution in [0.25, 0.3) is 11.5 Å². The van der Waals surface area contributed by atoms with Crippen LogP contribution in [0.15, 0.2) is 53.1 Å². The molecule has 4 rings (SSSR count). The minimum Gasteiger partial charge on any atom is -0.380 e. The van der Waals surface area contributed by atoms with Crippen LogP contribution < -0.4 is 4.90 Å². The van der Waals surface area contributed by atoms with Crippen LogP contribution in [0.2, 0.25) is 0 Å². The number of hydrogen-bond acceptors (Lipinski definition) is 7. The Hall–Kier alpha value is -3.23. The standard InChI is InChI=1S/C29H39N5O3/c1-6-32(7-2)29(35)26(22-11-9-8-10-12-22)34-17-15-33(16-18-34)25-14-13-23(19-24(25)20-36-5)28-30-27(21(3)4)31-37-28/h8-14,19,21,26H,6-7,15-18,20H2,1-5H3. The number of carbonyl (C=O) groups excluding carboxylic acids is 1. The summed E-state index contributed by atoms with van der Waals surface area (Å²) < 4.78 is 11.1. The molecule has 1 saturated heterocycles. The smallest absolute Gasteiger partial charge is 0.257 e. The predicted molar refractivity (Wildman–Crippen MR) is 145 cm³/mol. The molecule has 1 aliphatic heterocycles. The number of aromatic nitrogens is 2. The molecule has 198 valence electrons. The maximum absolute atomic E-state index is 13.5. The zero-order valence-electron chi connectivity index (χ0n) is 22.7. The molecule has 0 saturated carbocycles. The van der Waals surface area contributed by atoms with Crippen molar-refractivity contribution in [3.05, 3.63) is 65.5 Å². The van der Waals surface area contributed by atoms with E-state index in [2.05, 4.69) is 44.2 Å². The van der Waals surface area contributed by atoms with Gasteiger partial charge < -0.3 is 19.1 Å². The van der Waals surface area contributed by atoms with Gasteiger partial charge in [0.1, 0.15) is 6.04 Å². The van der Waals surface area contributed by atoms with E-state index in [-0.39, 0.29) is 17.9 Å². The third-order valence-electron chi connectivity index (χ3n) is 7.03. The molecule has 8 nitrogen and oxygen atoms in total. The highest BCUT2D eigenvalue weighted by atomic mass is 16.5. The van der Waals surface area contributed by atoms with Gasteiger partial charge in [0.05, 0.1) is 6.61 Å². The normalized spacial score (nSPS) is 15.2. The van der Waals surface area contributed by atoms with Gasteiger partial charge in [-0.3, -0.25) is 9.69 Å². The maximum atomic E-state index is 13.5. The van der Waals surface area contributed by atoms with Crippen molar-refractivity contribution in [1.82, 2.24) is 19.9 Å². The molecule has 0 radical (unpaired) electrons. The van der Waals surface area contributed by atoms with Crippen LogP contribution in [-0.2, 0) is 16.1 Å². The molecule has 0 N–H and O–H groups in total. The van der Waals surface area contributed by atoms with Crippen molar-refractivity contribution >= 4 is 11.6 Å². The van der Waals surface area contributed by atoms with E-state index < -0.39 is 0 Å². The van der Waals surface area contributed by atoms with Gasteiger partial charge in [-0.1, -0.05) is 49.3 Å². The van der Waals surface area contributed by atoms with E-state index >= 15 is 0 Å². The van der Waals surface area contributed by atoms with Crippen LogP contribution in [0, 0.1) is 0 Å². The first-order valence-electron chi connectivity index (χ1n) is 13.2. The Morgan fingerprint density at radius 3 is 2.35 bits per heavy atom. The summed E-state index contributed by atoms with van der Waals surface area (Å²) in [5.41, 5.74) is 4.16. The molecule has 0 aliphatic carbocycles. The summed E-state index contributed by atoms with van der Waals surface area (Å²) in [6.07, 6.45) is 0. The molecule has 0 bridgehead atoms. The Morgan fingerprint density at radius 1 is 1.05 bits per heavy atom. The largest absolute Gasteiger partial charge is 0.380 e. The van der Waals surface area contributed by atoms with Crippen LogP contribution in [0.4, 0.5) is 5.69 Å². The monoisotopic (exact) mass is 505 g/mol. The van der Waals surface area contributed by atoms with Gasteiger partial charge >= 0.3 is 0 Å². The number of amides is 1. The second-order valence-corrected chi connectivity index (χ2v) is 9.74. The Kier molecular flexibility index (Phi) is 8.95. The third kappa shape index (κ3) is 6.02. The van der Waals surface area contributed by atoms with Gasteiger partial charge in [-0.25, -0.2) is 0 Å². The van der Waals surface area contributed by atoms with Crippen LogP contribution >= 0.6 is 0 Å². The van der Waals surface area contributed by atoms with Crippen LogP contribution in [0.5, 0.6) is 0 Å². The molecule has 37 heavy (non-hydrogen) atoms. The van der Waals surface area contributed by atoms with Gasteiger partial charge in [0.2, 0.25) is 5.91 Å². The number of hydrogen-bond donors (Lipinski definition) is 0. The average Bonchev–Trinajstić information content (AvgIpc) is 3.42. The Labute approximate surface area is 220 Å². The van der Waals surface area contributed by atoms with Gasteiger partial charge in [0.25, 0.3) is 5.89 Å². The lowest BCUT2D eigenvalue weighted by molar-refractivity contribution is -0.137. The zero-order valence-corrected chi connectivity index (χ0v) is 22.7. The fraction of sp³-hybridized carbons (Fsp3) is 0.483. The number of ether oxygens (including phenoxy) is 1. The van der Waals surface area contributed by atoms with E-state index in [1.165, 1.54) is 0 Å². The molecule has 8 heteroatoms. The summed E-state index contributed by atoms with van der Waals surface area (Å²) in [5.74, 6) is 1.61. The lowest BCUT2D eigenvalue weighted by Gasteiger charge is -2.41. The lowest BCUT2D eigenvalue weighted by atomic mass is 10.0. The summed E-state index contributed by atoms with van der Waals surface area (Å²) in [6, 6.07) is 16.1. The first-order chi connectivity index (χ1) is 18.0. The van der Waals surface area contributed by atoms with E-state index in [1.807, 2.05) is 56.9 Å². The molecule has 1 fully saturated rings. The summed E-state index contributed by atoms with van der Waals surface area (Å²) in [6.45, 7) is 13.3. The third-order valence-corrected chi connectivity index (χ3v) is 7.03. The van der Waals surface area contributed by atoms with E-state index in [1.54, 1.807) is 7.11 Å². The maximum Gasteiger partial charge on any atom is 0.257 e. The number of methoxy groups -OCH3 is 1. The highest BCUT2D eigenvalue weighted by Crippen LogP contribution is 2.31. The first-order valence-corrected chi connectivity index (χ1v) is 13.2. The van der Waals surface area contributed by atoms with Gasteiger partial charge in [-0.2, -0.15) is 4.98 Å². The van der Waals surface area contributed by atoms with Gasteiger partial charge in [0.15, 0.2) is 5.82 Å². The van der Waals surface area contributed by atoms with Gasteiger partial charge in [-0.05, 0) is 37.6 Å². The second-order valence-electron chi connectivity index (χ2n) is 9.74. The highest BCUT2D eigenvalue weighted by Gasteiger charge is 2.33. The first kappa shape index (κ1) is 26.8. The van der Waals surface area contributed by atoms with Crippen LogP contribution in [-0.4, -0.2) is 72.2 Å². The van der Waals surface area contributed by atoms with Crippen molar-refractivity contribution in [2.45, 2.75) is 46.3 Å². The highest BCUT2D eigenvalue weighted by molar-refractivity contribution is 5.83. The van der Waals surface area contributed by atoms with Crippen molar-refractivity contribution < 1.29 is 14.1 Å². The van der Waals surface area contributed by atoms with Crippen LogP contribution in [0.3, 0.4) is 0 Å². The molecule has 2 aromatic carbocycles. The molecule has 3 aromatic rings. The molecule has 1 aliphatic rings. The fourth-order valence-electron chi connectivity index (χ4n) is 4.96. The summed E-state index contributed by atoms with van der Waals surface area (Å²) in [7, 11) is 1.71. The van der Waals surface area contributed by atoms with E-state index in [9.17, 15) is 4.79 Å². The van der Waals surface area contributed by atoms with Crippen molar-refractivity contribution in [2.75, 3.05) is 51.3 Å². The van der Waals surface area contributed by atoms with Crippen molar-refractivity contribution in [2.24, 2.45) is 0 Å². The molecule has 1 atom stereocenters. The van der Waals surface area contributed by atoms with Crippen molar-refractivity contribution in [3.63, 3.8) is 0 Å². The Morgan fingerprint density at radius 2 is 1.76 bits per heavy atom. The Bertz CT molecular complexity index is 1150. The number of likely N-dealkylation sites (N-methyl/N-ethyl adjacent to an activating group) is 1. The SMILES string of the molecule is CCN(CC)C(=O)C(c1ccccc1)N1CCN(c2ccc(-c3nc(C(C)C)no3)cc2COC)CC1. The van der Waals surface area contributed by atoms with Gasteiger partial charge in [-0.15, -0.1) is 0 Å². The molecular weight excluding hydrogens is 466 g/mol. The van der Waals surface area contributed by atoms with Crippen molar-refractivity contribution in [1.29, 1.82) is 0 Å². The topological polar surface area (TPSA) is 74.9 Å². The molecule has 1 unspecified atom stereocenters. The minimum atomic E-state index is -0.267. The minimum absolute atomic E-state index is 0.175. The number of anilines is 1. The molecule has 0 spiro atoms. The number of benzene rings is 2. The number of carbonyl (C=O) groups is 1. The Balaban J connectivity index is 1.53. The predicted octanol–water partition coefficient (Wildman–Crippen LogP) is 4.74. The van der Waals surface area contributed by atoms with E-state index in [0.29, 0.717) is 31.4 Å². The molecule has 2 heterocycles. The van der Waals surface area contributed by atoms with Crippen molar-refractivity contribution in [3.8, 4) is 11.5 Å². The van der Waals surface area contributed by atoms with Gasteiger partial charge in [0, 0.05) is 69.1 Å². The number of piperazine rings is 1. The van der Waals surface area contributed by atoms with Crippen LogP contribution in [0.1, 0.15) is 56.6 Å². The number of nitrogens with zero attached hydrogens (tertiary/aromatic N) is 5. The lowest BCUT2D eigenvalue weighted by Crippen LogP contribution is -2.52. The summed E-state index contributed by atoms with van der Waals surface area (Å²) in [4.78, 5) is 24.7. The molecular formula is C29H39N5O3. The molecule has 1 amide bonds.